The first kappa shape index (κ1) is 16.8. The van der Waals surface area contributed by atoms with Gasteiger partial charge in [-0.05, 0) is 25.1 Å². The fraction of sp³-hybridized carbons (Fsp3) is 0.111. The van der Waals surface area contributed by atoms with Gasteiger partial charge in [-0.25, -0.2) is 0 Å². The van der Waals surface area contributed by atoms with Crippen LogP contribution in [0.4, 0.5) is 18.9 Å². The van der Waals surface area contributed by atoms with Crippen molar-refractivity contribution in [3.8, 4) is 11.3 Å². The number of aryl methyl sites for hydroxylation is 1. The Bertz CT molecular complexity index is 902. The Hall–Kier alpha value is -3.09. The van der Waals surface area contributed by atoms with Gasteiger partial charge < -0.3 is 9.84 Å². The summed E-state index contributed by atoms with van der Waals surface area (Å²) in [7, 11) is 0. The molecule has 3 aromatic rings. The van der Waals surface area contributed by atoms with Gasteiger partial charge in [0.1, 0.15) is 17.0 Å². The van der Waals surface area contributed by atoms with Crippen LogP contribution in [0.25, 0.3) is 11.3 Å². The van der Waals surface area contributed by atoms with Crippen molar-refractivity contribution in [1.29, 1.82) is 0 Å². The molecule has 0 aliphatic heterocycles. The standard InChI is InChI=1S/C18H13F3N2O2/c1-11-15(16(23-25-11)12-6-3-2-4-7-12)17(24)22-14-9-5-8-13(10-14)18(19,20)21/h2-10H,1H3,(H,22,24). The Morgan fingerprint density at radius 1 is 1.08 bits per heavy atom. The Kier molecular flexibility index (Phi) is 4.31. The summed E-state index contributed by atoms with van der Waals surface area (Å²) in [6.45, 7) is 1.57. The van der Waals surface area contributed by atoms with Crippen LogP contribution in [0, 0.1) is 6.92 Å². The number of carbonyl (C=O) groups excluding carboxylic acids is 1. The molecule has 0 aliphatic carbocycles. The van der Waals surface area contributed by atoms with E-state index in [2.05, 4.69) is 10.5 Å². The zero-order valence-corrected chi connectivity index (χ0v) is 13.1. The van der Waals surface area contributed by atoms with Crippen molar-refractivity contribution in [3.63, 3.8) is 0 Å². The largest absolute Gasteiger partial charge is 0.416 e. The van der Waals surface area contributed by atoms with E-state index >= 15 is 0 Å². The first-order chi connectivity index (χ1) is 11.9. The molecule has 0 radical (unpaired) electrons. The number of rotatable bonds is 3. The number of alkyl halides is 3. The van der Waals surface area contributed by atoms with Gasteiger partial charge in [0.25, 0.3) is 5.91 Å². The summed E-state index contributed by atoms with van der Waals surface area (Å²) in [6.07, 6.45) is -4.48. The number of amides is 1. The lowest BCUT2D eigenvalue weighted by Crippen LogP contribution is -2.14. The summed E-state index contributed by atoms with van der Waals surface area (Å²) in [6, 6.07) is 13.4. The molecular formula is C18H13F3N2O2. The monoisotopic (exact) mass is 346 g/mol. The van der Waals surface area contributed by atoms with Crippen molar-refractivity contribution in [1.82, 2.24) is 5.16 Å². The van der Waals surface area contributed by atoms with Crippen LogP contribution in [0.1, 0.15) is 21.7 Å². The number of aromatic nitrogens is 1. The van der Waals surface area contributed by atoms with E-state index in [-0.39, 0.29) is 17.0 Å². The molecule has 128 valence electrons. The van der Waals surface area contributed by atoms with Crippen molar-refractivity contribution < 1.29 is 22.5 Å². The topological polar surface area (TPSA) is 55.1 Å². The molecule has 3 rings (SSSR count). The Morgan fingerprint density at radius 2 is 1.80 bits per heavy atom. The molecule has 0 saturated carbocycles. The van der Waals surface area contributed by atoms with Crippen molar-refractivity contribution in [2.24, 2.45) is 0 Å². The molecule has 0 unspecified atom stereocenters. The van der Waals surface area contributed by atoms with Crippen LogP contribution in [-0.4, -0.2) is 11.1 Å². The van der Waals surface area contributed by atoms with Gasteiger partial charge in [0.15, 0.2) is 0 Å². The van der Waals surface area contributed by atoms with E-state index in [1.807, 2.05) is 6.07 Å². The van der Waals surface area contributed by atoms with Crippen LogP contribution in [0.5, 0.6) is 0 Å². The Morgan fingerprint density at radius 3 is 2.48 bits per heavy atom. The molecule has 0 bridgehead atoms. The number of benzene rings is 2. The van der Waals surface area contributed by atoms with Crippen molar-refractivity contribution in [2.75, 3.05) is 5.32 Å². The predicted molar refractivity (Wildman–Crippen MR) is 86.1 cm³/mol. The van der Waals surface area contributed by atoms with Gasteiger partial charge in [-0.2, -0.15) is 13.2 Å². The van der Waals surface area contributed by atoms with E-state index in [1.54, 1.807) is 31.2 Å². The number of nitrogens with zero attached hydrogens (tertiary/aromatic N) is 1. The van der Waals surface area contributed by atoms with Gasteiger partial charge in [0.2, 0.25) is 0 Å². The SMILES string of the molecule is Cc1onc(-c2ccccc2)c1C(=O)Nc1cccc(C(F)(F)F)c1. The molecule has 7 heteroatoms. The van der Waals surface area contributed by atoms with E-state index in [0.29, 0.717) is 11.3 Å². The highest BCUT2D eigenvalue weighted by Gasteiger charge is 2.30. The third-order valence-corrected chi connectivity index (χ3v) is 3.58. The maximum absolute atomic E-state index is 12.8. The van der Waals surface area contributed by atoms with Crippen LogP contribution in [0.2, 0.25) is 0 Å². The molecule has 0 saturated heterocycles. The normalized spacial score (nSPS) is 11.4. The maximum atomic E-state index is 12.8. The Balaban J connectivity index is 1.92. The van der Waals surface area contributed by atoms with E-state index in [9.17, 15) is 18.0 Å². The van der Waals surface area contributed by atoms with Crippen molar-refractivity contribution >= 4 is 11.6 Å². The molecule has 1 heterocycles. The van der Waals surface area contributed by atoms with E-state index < -0.39 is 17.6 Å². The predicted octanol–water partition coefficient (Wildman–Crippen LogP) is 4.92. The molecule has 1 amide bonds. The fourth-order valence-electron chi connectivity index (χ4n) is 2.40. The van der Waals surface area contributed by atoms with Gasteiger partial charge in [-0.15, -0.1) is 0 Å². The quantitative estimate of drug-likeness (QED) is 0.732. The van der Waals surface area contributed by atoms with E-state index in [0.717, 1.165) is 12.1 Å². The highest BCUT2D eigenvalue weighted by molar-refractivity contribution is 6.08. The molecule has 1 aromatic heterocycles. The van der Waals surface area contributed by atoms with Crippen LogP contribution in [-0.2, 0) is 6.18 Å². The van der Waals surface area contributed by atoms with Crippen LogP contribution in [0.15, 0.2) is 59.1 Å². The van der Waals surface area contributed by atoms with Gasteiger partial charge in [-0.3, -0.25) is 4.79 Å². The highest BCUT2D eigenvalue weighted by Crippen LogP contribution is 2.31. The molecule has 0 atom stereocenters. The molecule has 4 nitrogen and oxygen atoms in total. The molecule has 25 heavy (non-hydrogen) atoms. The second-order valence-corrected chi connectivity index (χ2v) is 5.36. The minimum absolute atomic E-state index is 0.0411. The average Bonchev–Trinajstić information content (AvgIpc) is 2.97. The smallest absolute Gasteiger partial charge is 0.360 e. The number of halogens is 3. The third kappa shape index (κ3) is 3.55. The average molecular weight is 346 g/mol. The number of hydrogen-bond donors (Lipinski definition) is 1. The zero-order chi connectivity index (χ0) is 18.0. The number of anilines is 1. The summed E-state index contributed by atoms with van der Waals surface area (Å²) in [4.78, 5) is 12.6. The summed E-state index contributed by atoms with van der Waals surface area (Å²) >= 11 is 0. The highest BCUT2D eigenvalue weighted by atomic mass is 19.4. The van der Waals surface area contributed by atoms with Crippen molar-refractivity contribution in [3.05, 3.63) is 71.5 Å². The second kappa shape index (κ2) is 6.43. The minimum atomic E-state index is -4.48. The Labute approximate surface area is 141 Å². The minimum Gasteiger partial charge on any atom is -0.360 e. The zero-order valence-electron chi connectivity index (χ0n) is 13.1. The van der Waals surface area contributed by atoms with Crippen LogP contribution in [0.3, 0.4) is 0 Å². The first-order valence-corrected chi connectivity index (χ1v) is 7.36. The van der Waals surface area contributed by atoms with Crippen molar-refractivity contribution in [2.45, 2.75) is 13.1 Å². The van der Waals surface area contributed by atoms with Gasteiger partial charge in [-0.1, -0.05) is 41.6 Å². The third-order valence-electron chi connectivity index (χ3n) is 3.58. The second-order valence-electron chi connectivity index (χ2n) is 5.36. The van der Waals surface area contributed by atoms with Crippen LogP contribution >= 0.6 is 0 Å². The van der Waals surface area contributed by atoms with E-state index in [1.165, 1.54) is 12.1 Å². The number of nitrogens with one attached hydrogen (secondary N) is 1. The number of hydrogen-bond acceptors (Lipinski definition) is 3. The lowest BCUT2D eigenvalue weighted by atomic mass is 10.1. The maximum Gasteiger partial charge on any atom is 0.416 e. The molecule has 2 aromatic carbocycles. The molecule has 0 spiro atoms. The van der Waals surface area contributed by atoms with Gasteiger partial charge in [0, 0.05) is 11.3 Å². The fourth-order valence-corrected chi connectivity index (χ4v) is 2.40. The summed E-state index contributed by atoms with van der Waals surface area (Å²) < 4.78 is 43.5. The van der Waals surface area contributed by atoms with Gasteiger partial charge in [0.05, 0.1) is 5.56 Å². The molecule has 1 N–H and O–H groups in total. The van der Waals surface area contributed by atoms with E-state index in [4.69, 9.17) is 4.52 Å². The lowest BCUT2D eigenvalue weighted by Gasteiger charge is -2.10. The van der Waals surface area contributed by atoms with Gasteiger partial charge >= 0.3 is 6.18 Å². The summed E-state index contributed by atoms with van der Waals surface area (Å²) in [5.74, 6) is -0.305. The first-order valence-electron chi connectivity index (χ1n) is 7.36. The summed E-state index contributed by atoms with van der Waals surface area (Å²) in [5.41, 5.74) is 0.398. The molecule has 0 fully saturated rings. The molecular weight excluding hydrogens is 333 g/mol. The molecule has 0 aliphatic rings. The summed E-state index contributed by atoms with van der Waals surface area (Å²) in [5, 5.41) is 6.36. The lowest BCUT2D eigenvalue weighted by molar-refractivity contribution is -0.137. The van der Waals surface area contributed by atoms with Crippen LogP contribution < -0.4 is 5.32 Å². The number of carbonyl (C=O) groups is 1.